The van der Waals surface area contributed by atoms with E-state index in [0.29, 0.717) is 0 Å². The fourth-order valence-electron chi connectivity index (χ4n) is 2.95. The average molecular weight is 443 g/mol. The van der Waals surface area contributed by atoms with Crippen molar-refractivity contribution >= 4 is 27.6 Å². The Hall–Kier alpha value is -3.57. The second kappa shape index (κ2) is 9.49. The summed E-state index contributed by atoms with van der Waals surface area (Å²) in [5.74, 6) is 0. The highest BCUT2D eigenvalue weighted by Gasteiger charge is 2.25. The Kier molecular flexibility index (Phi) is 6.78. The Morgan fingerprint density at radius 3 is 2.48 bits per heavy atom. The van der Waals surface area contributed by atoms with Crippen molar-refractivity contribution in [1.82, 2.24) is 13.9 Å². The Balaban J connectivity index is 1.79. The summed E-state index contributed by atoms with van der Waals surface area (Å²) in [5, 5.41) is 15.5. The van der Waals surface area contributed by atoms with Crippen LogP contribution in [0, 0.1) is 10.1 Å². The number of aromatic nitrogens is 2. The molecule has 0 spiro atoms. The number of nitrogens with zero attached hydrogens (tertiary/aromatic N) is 5. The minimum absolute atomic E-state index is 0.0924. The Morgan fingerprint density at radius 1 is 1.19 bits per heavy atom. The molecule has 0 saturated carbocycles. The van der Waals surface area contributed by atoms with E-state index in [-0.39, 0.29) is 29.4 Å². The van der Waals surface area contributed by atoms with Crippen LogP contribution in [0.1, 0.15) is 19.4 Å². The molecule has 31 heavy (non-hydrogen) atoms. The zero-order valence-corrected chi connectivity index (χ0v) is 17.9. The molecule has 0 aliphatic rings. The first kappa shape index (κ1) is 22.1. The molecule has 11 heteroatoms. The van der Waals surface area contributed by atoms with Crippen LogP contribution in [-0.2, 0) is 10.0 Å². The standard InChI is InChI=1S/C20H22N6O4S/c1-3-25(4-2)31(29,30)18-9-10-19(20(13-18)26(27)28)23-22-14-16-5-7-17(8-6-16)24-12-11-21-15-24/h5-15,23H,3-4H2,1-2H3/b22-14+. The Labute approximate surface area is 180 Å². The van der Waals surface area contributed by atoms with Crippen LogP contribution in [0.3, 0.4) is 0 Å². The summed E-state index contributed by atoms with van der Waals surface area (Å²) in [6, 6.07) is 11.2. The zero-order chi connectivity index (χ0) is 22.4. The molecule has 0 atom stereocenters. The van der Waals surface area contributed by atoms with Crippen molar-refractivity contribution in [3.63, 3.8) is 0 Å². The van der Waals surface area contributed by atoms with Crippen molar-refractivity contribution < 1.29 is 13.3 Å². The van der Waals surface area contributed by atoms with E-state index in [2.05, 4.69) is 15.5 Å². The van der Waals surface area contributed by atoms with Crippen molar-refractivity contribution in [2.45, 2.75) is 18.7 Å². The van der Waals surface area contributed by atoms with E-state index < -0.39 is 14.9 Å². The molecule has 162 valence electrons. The predicted molar refractivity (Wildman–Crippen MR) is 118 cm³/mol. The summed E-state index contributed by atoms with van der Waals surface area (Å²) in [6.07, 6.45) is 6.72. The normalized spacial score (nSPS) is 11.8. The molecule has 0 aliphatic heterocycles. The average Bonchev–Trinajstić information content (AvgIpc) is 3.30. The third kappa shape index (κ3) is 4.95. The zero-order valence-electron chi connectivity index (χ0n) is 17.0. The monoisotopic (exact) mass is 442 g/mol. The van der Waals surface area contributed by atoms with Crippen molar-refractivity contribution in [3.8, 4) is 5.69 Å². The van der Waals surface area contributed by atoms with Crippen molar-refractivity contribution in [1.29, 1.82) is 0 Å². The summed E-state index contributed by atoms with van der Waals surface area (Å²) < 4.78 is 28.4. The molecule has 0 fully saturated rings. The topological polar surface area (TPSA) is 123 Å². The molecule has 0 saturated heterocycles. The number of hydrazone groups is 1. The van der Waals surface area contributed by atoms with Crippen LogP contribution >= 0.6 is 0 Å². The number of anilines is 1. The van der Waals surface area contributed by atoms with Gasteiger partial charge in [0.2, 0.25) is 10.0 Å². The van der Waals surface area contributed by atoms with Gasteiger partial charge in [0.05, 0.1) is 22.4 Å². The lowest BCUT2D eigenvalue weighted by atomic mass is 10.2. The molecular formula is C20H22N6O4S. The number of hydrogen-bond donors (Lipinski definition) is 1. The van der Waals surface area contributed by atoms with E-state index in [1.165, 1.54) is 22.7 Å². The van der Waals surface area contributed by atoms with Crippen LogP contribution in [-0.4, -0.2) is 46.5 Å². The molecule has 0 unspecified atom stereocenters. The molecular weight excluding hydrogens is 420 g/mol. The van der Waals surface area contributed by atoms with Gasteiger partial charge in [-0.05, 0) is 29.8 Å². The number of imidazole rings is 1. The summed E-state index contributed by atoms with van der Waals surface area (Å²) in [6.45, 7) is 3.97. The Bertz CT molecular complexity index is 1170. The van der Waals surface area contributed by atoms with E-state index >= 15 is 0 Å². The van der Waals surface area contributed by atoms with E-state index in [9.17, 15) is 18.5 Å². The minimum atomic E-state index is -3.80. The smallest absolute Gasteiger partial charge is 0.295 e. The number of nitro groups is 1. The third-order valence-corrected chi connectivity index (χ3v) is 6.65. The molecule has 0 bridgehead atoms. The van der Waals surface area contributed by atoms with Gasteiger partial charge in [-0.25, -0.2) is 13.4 Å². The minimum Gasteiger partial charge on any atom is -0.306 e. The van der Waals surface area contributed by atoms with E-state index in [4.69, 9.17) is 0 Å². The molecule has 1 N–H and O–H groups in total. The molecule has 2 aromatic carbocycles. The quantitative estimate of drug-likeness (QED) is 0.308. The van der Waals surface area contributed by atoms with Crippen LogP contribution in [0.2, 0.25) is 0 Å². The number of hydrogen-bond acceptors (Lipinski definition) is 7. The molecule has 0 amide bonds. The van der Waals surface area contributed by atoms with E-state index in [1.54, 1.807) is 26.4 Å². The van der Waals surface area contributed by atoms with Crippen molar-refractivity contribution in [2.75, 3.05) is 18.5 Å². The van der Waals surface area contributed by atoms with Gasteiger partial charge in [0.25, 0.3) is 5.69 Å². The maximum absolute atomic E-state index is 12.6. The number of rotatable bonds is 9. The number of nitrogens with one attached hydrogen (secondary N) is 1. The summed E-state index contributed by atoms with van der Waals surface area (Å²) in [5.41, 5.74) is 4.05. The Morgan fingerprint density at radius 2 is 1.90 bits per heavy atom. The highest BCUT2D eigenvalue weighted by atomic mass is 32.2. The predicted octanol–water partition coefficient (Wildman–Crippen LogP) is 3.26. The van der Waals surface area contributed by atoms with Crippen molar-refractivity contribution in [3.05, 3.63) is 76.9 Å². The molecule has 0 aliphatic carbocycles. The lowest BCUT2D eigenvalue weighted by Gasteiger charge is -2.18. The molecule has 10 nitrogen and oxygen atoms in total. The van der Waals surface area contributed by atoms with Gasteiger partial charge in [-0.15, -0.1) is 0 Å². The van der Waals surface area contributed by atoms with Crippen molar-refractivity contribution in [2.24, 2.45) is 5.10 Å². The lowest BCUT2D eigenvalue weighted by molar-refractivity contribution is -0.384. The fraction of sp³-hybridized carbons (Fsp3) is 0.200. The van der Waals surface area contributed by atoms with Crippen LogP contribution in [0.25, 0.3) is 5.69 Å². The van der Waals surface area contributed by atoms with Crippen LogP contribution < -0.4 is 5.43 Å². The third-order valence-electron chi connectivity index (χ3n) is 4.60. The highest BCUT2D eigenvalue weighted by Crippen LogP contribution is 2.29. The SMILES string of the molecule is CCN(CC)S(=O)(=O)c1ccc(N/N=C/c2ccc(-n3ccnc3)cc2)c([N+](=O)[O-])c1. The maximum Gasteiger partial charge on any atom is 0.295 e. The first-order chi connectivity index (χ1) is 14.9. The van der Waals surface area contributed by atoms with E-state index in [1.807, 2.05) is 35.0 Å². The lowest BCUT2D eigenvalue weighted by Crippen LogP contribution is -2.30. The molecule has 1 heterocycles. The van der Waals surface area contributed by atoms with Gasteiger partial charge in [0.15, 0.2) is 0 Å². The van der Waals surface area contributed by atoms with Gasteiger partial charge >= 0.3 is 0 Å². The largest absolute Gasteiger partial charge is 0.306 e. The van der Waals surface area contributed by atoms with E-state index in [0.717, 1.165) is 17.3 Å². The van der Waals surface area contributed by atoms with Gasteiger partial charge < -0.3 is 4.57 Å². The second-order valence-corrected chi connectivity index (χ2v) is 8.39. The summed E-state index contributed by atoms with van der Waals surface area (Å²) in [4.78, 5) is 14.7. The van der Waals surface area contributed by atoms with Gasteiger partial charge in [-0.2, -0.15) is 9.41 Å². The van der Waals surface area contributed by atoms with Gasteiger partial charge in [-0.1, -0.05) is 26.0 Å². The maximum atomic E-state index is 12.6. The van der Waals surface area contributed by atoms with Gasteiger partial charge in [-0.3, -0.25) is 15.5 Å². The first-order valence-electron chi connectivity index (χ1n) is 9.53. The number of sulfonamides is 1. The number of benzene rings is 2. The summed E-state index contributed by atoms with van der Waals surface area (Å²) in [7, 11) is -3.80. The van der Waals surface area contributed by atoms with Crippen LogP contribution in [0.5, 0.6) is 0 Å². The molecule has 1 aromatic heterocycles. The number of nitro benzene ring substituents is 1. The van der Waals surface area contributed by atoms with Crippen LogP contribution in [0.4, 0.5) is 11.4 Å². The van der Waals surface area contributed by atoms with Crippen LogP contribution in [0.15, 0.2) is 71.2 Å². The summed E-state index contributed by atoms with van der Waals surface area (Å²) >= 11 is 0. The first-order valence-corrected chi connectivity index (χ1v) is 11.0. The van der Waals surface area contributed by atoms with Gasteiger partial charge in [0, 0.05) is 37.2 Å². The highest BCUT2D eigenvalue weighted by molar-refractivity contribution is 7.89. The molecule has 3 rings (SSSR count). The second-order valence-electron chi connectivity index (χ2n) is 6.46. The van der Waals surface area contributed by atoms with Gasteiger partial charge in [0.1, 0.15) is 5.69 Å². The fourth-order valence-corrected chi connectivity index (χ4v) is 4.43. The molecule has 3 aromatic rings. The molecule has 0 radical (unpaired) electrons.